The minimum Gasteiger partial charge on any atom is -0.480 e. The second-order valence-electron chi connectivity index (χ2n) is 5.06. The van der Waals surface area contributed by atoms with Gasteiger partial charge in [-0.15, -0.1) is 0 Å². The predicted octanol–water partition coefficient (Wildman–Crippen LogP) is 0.159. The molecule has 4 N–H and O–H groups in total. The summed E-state index contributed by atoms with van der Waals surface area (Å²) in [5.74, 6) is -1.17. The van der Waals surface area contributed by atoms with Gasteiger partial charge < -0.3 is 25.5 Å². The zero-order valence-corrected chi connectivity index (χ0v) is 11.6. The molecule has 0 aromatic carbocycles. The number of rotatable bonds is 7. The van der Waals surface area contributed by atoms with Gasteiger partial charge in [-0.3, -0.25) is 0 Å². The minimum absolute atomic E-state index is 0.0291. The third-order valence-electron chi connectivity index (χ3n) is 3.63. The van der Waals surface area contributed by atoms with Gasteiger partial charge >= 0.3 is 12.0 Å². The fourth-order valence-corrected chi connectivity index (χ4v) is 2.57. The number of nitrogens with one attached hydrogen (secondary N) is 1. The standard InChI is InChI=1S/C13H24N2O5/c16-8-6-11(12(18)19)14-13(20)15(7-9-17)10-4-2-1-3-5-10/h10-11,16-17H,1-9H2,(H,14,20)(H,18,19)/t11-/m1/s1. The molecule has 0 radical (unpaired) electrons. The van der Waals surface area contributed by atoms with Crippen LogP contribution in [-0.2, 0) is 4.79 Å². The quantitative estimate of drug-likeness (QED) is 0.533. The largest absolute Gasteiger partial charge is 0.480 e. The van der Waals surface area contributed by atoms with Crippen LogP contribution in [0.25, 0.3) is 0 Å². The number of hydrogen-bond donors (Lipinski definition) is 4. The van der Waals surface area contributed by atoms with Crippen molar-refractivity contribution in [1.29, 1.82) is 0 Å². The number of aliphatic hydroxyl groups excluding tert-OH is 2. The Balaban J connectivity index is 2.64. The minimum atomic E-state index is -1.17. The summed E-state index contributed by atoms with van der Waals surface area (Å²) in [6.07, 6.45) is 4.96. The van der Waals surface area contributed by atoms with E-state index in [4.69, 9.17) is 15.3 Å². The zero-order chi connectivity index (χ0) is 15.0. The molecule has 0 saturated heterocycles. The molecule has 0 heterocycles. The van der Waals surface area contributed by atoms with Gasteiger partial charge in [0.25, 0.3) is 0 Å². The Bertz CT molecular complexity index is 318. The summed E-state index contributed by atoms with van der Waals surface area (Å²) in [6.45, 7) is -0.260. The first-order valence-electron chi connectivity index (χ1n) is 7.11. The van der Waals surface area contributed by atoms with Gasteiger partial charge in [-0.2, -0.15) is 0 Å². The lowest BCUT2D eigenvalue weighted by Gasteiger charge is -2.34. The van der Waals surface area contributed by atoms with Gasteiger partial charge in [0.2, 0.25) is 0 Å². The van der Waals surface area contributed by atoms with E-state index in [9.17, 15) is 9.59 Å². The Morgan fingerprint density at radius 2 is 1.80 bits per heavy atom. The number of carboxylic acids is 1. The maximum absolute atomic E-state index is 12.2. The first kappa shape index (κ1) is 16.7. The van der Waals surface area contributed by atoms with Gasteiger partial charge in [0.15, 0.2) is 0 Å². The molecule has 1 saturated carbocycles. The number of carboxylic acid groups (broad SMARTS) is 1. The van der Waals surface area contributed by atoms with Crippen LogP contribution in [0.1, 0.15) is 38.5 Å². The molecular formula is C13H24N2O5. The Morgan fingerprint density at radius 3 is 2.30 bits per heavy atom. The molecule has 0 aromatic heterocycles. The SMILES string of the molecule is O=C(O)[C@@H](CCO)NC(=O)N(CCO)C1CCCCC1. The fraction of sp³-hybridized carbons (Fsp3) is 0.846. The molecule has 7 heteroatoms. The highest BCUT2D eigenvalue weighted by atomic mass is 16.4. The van der Waals surface area contributed by atoms with Crippen molar-refractivity contribution in [3.63, 3.8) is 0 Å². The van der Waals surface area contributed by atoms with E-state index in [-0.39, 0.29) is 32.2 Å². The van der Waals surface area contributed by atoms with E-state index in [0.29, 0.717) is 0 Å². The number of amides is 2. The number of aliphatic hydroxyl groups is 2. The second-order valence-corrected chi connectivity index (χ2v) is 5.06. The van der Waals surface area contributed by atoms with E-state index in [1.54, 1.807) is 0 Å². The van der Waals surface area contributed by atoms with Crippen molar-refractivity contribution in [2.45, 2.75) is 50.6 Å². The third-order valence-corrected chi connectivity index (χ3v) is 3.63. The van der Waals surface area contributed by atoms with Crippen LogP contribution in [0, 0.1) is 0 Å². The summed E-state index contributed by atoms with van der Waals surface area (Å²) in [7, 11) is 0. The molecule has 1 fully saturated rings. The van der Waals surface area contributed by atoms with Crippen LogP contribution in [0.2, 0.25) is 0 Å². The summed E-state index contributed by atoms with van der Waals surface area (Å²) in [6, 6.07) is -1.52. The van der Waals surface area contributed by atoms with Gasteiger partial charge in [-0.05, 0) is 12.8 Å². The molecule has 0 aliphatic heterocycles. The van der Waals surface area contributed by atoms with Gasteiger partial charge in [-0.1, -0.05) is 19.3 Å². The van der Waals surface area contributed by atoms with Crippen LogP contribution >= 0.6 is 0 Å². The Kier molecular flexibility index (Phi) is 7.32. The van der Waals surface area contributed by atoms with Crippen LogP contribution < -0.4 is 5.32 Å². The van der Waals surface area contributed by atoms with Crippen LogP contribution in [0.3, 0.4) is 0 Å². The normalized spacial score (nSPS) is 17.5. The Labute approximate surface area is 118 Å². The molecule has 116 valence electrons. The van der Waals surface area contributed by atoms with Crippen molar-refractivity contribution in [3.05, 3.63) is 0 Å². The average molecular weight is 288 g/mol. The average Bonchev–Trinajstić information content (AvgIpc) is 2.45. The highest BCUT2D eigenvalue weighted by Gasteiger charge is 2.28. The third kappa shape index (κ3) is 4.97. The molecule has 2 amide bonds. The number of aliphatic carboxylic acids is 1. The van der Waals surface area contributed by atoms with Gasteiger partial charge in [0.1, 0.15) is 6.04 Å². The lowest BCUT2D eigenvalue weighted by molar-refractivity contribution is -0.139. The van der Waals surface area contributed by atoms with E-state index < -0.39 is 18.0 Å². The first-order valence-corrected chi connectivity index (χ1v) is 7.11. The maximum Gasteiger partial charge on any atom is 0.326 e. The van der Waals surface area contributed by atoms with Crippen molar-refractivity contribution in [2.75, 3.05) is 19.8 Å². The molecule has 0 aromatic rings. The van der Waals surface area contributed by atoms with E-state index >= 15 is 0 Å². The van der Waals surface area contributed by atoms with Crippen LogP contribution in [0.15, 0.2) is 0 Å². The highest BCUT2D eigenvalue weighted by Crippen LogP contribution is 2.22. The van der Waals surface area contributed by atoms with E-state index in [1.807, 2.05) is 0 Å². The predicted molar refractivity (Wildman–Crippen MR) is 72.3 cm³/mol. The Morgan fingerprint density at radius 1 is 1.15 bits per heavy atom. The smallest absolute Gasteiger partial charge is 0.326 e. The molecule has 1 rings (SSSR count). The summed E-state index contributed by atoms with van der Waals surface area (Å²) >= 11 is 0. The lowest BCUT2D eigenvalue weighted by atomic mass is 9.94. The van der Waals surface area contributed by atoms with Crippen molar-refractivity contribution in [2.24, 2.45) is 0 Å². The maximum atomic E-state index is 12.2. The van der Waals surface area contributed by atoms with Crippen molar-refractivity contribution in [1.82, 2.24) is 10.2 Å². The van der Waals surface area contributed by atoms with Crippen molar-refractivity contribution in [3.8, 4) is 0 Å². The van der Waals surface area contributed by atoms with Gasteiger partial charge in [0, 0.05) is 25.6 Å². The fourth-order valence-electron chi connectivity index (χ4n) is 2.57. The molecule has 0 spiro atoms. The Hall–Kier alpha value is -1.34. The molecule has 1 atom stereocenters. The van der Waals surface area contributed by atoms with E-state index in [2.05, 4.69) is 5.32 Å². The van der Waals surface area contributed by atoms with Crippen LogP contribution in [0.5, 0.6) is 0 Å². The van der Waals surface area contributed by atoms with Crippen LogP contribution in [-0.4, -0.2) is 64.1 Å². The summed E-state index contributed by atoms with van der Waals surface area (Å²) in [5, 5.41) is 29.3. The monoisotopic (exact) mass is 288 g/mol. The number of hydrogen-bond acceptors (Lipinski definition) is 4. The van der Waals surface area contributed by atoms with Crippen molar-refractivity contribution < 1.29 is 24.9 Å². The summed E-state index contributed by atoms with van der Waals surface area (Å²) in [4.78, 5) is 24.7. The summed E-state index contributed by atoms with van der Waals surface area (Å²) in [5.41, 5.74) is 0. The van der Waals surface area contributed by atoms with Gasteiger partial charge in [0.05, 0.1) is 6.61 Å². The summed E-state index contributed by atoms with van der Waals surface area (Å²) < 4.78 is 0. The molecule has 0 bridgehead atoms. The molecular weight excluding hydrogens is 264 g/mol. The second kappa shape index (κ2) is 8.76. The number of nitrogens with zero attached hydrogens (tertiary/aromatic N) is 1. The zero-order valence-electron chi connectivity index (χ0n) is 11.6. The van der Waals surface area contributed by atoms with Gasteiger partial charge in [-0.25, -0.2) is 9.59 Å². The van der Waals surface area contributed by atoms with E-state index in [0.717, 1.165) is 32.1 Å². The van der Waals surface area contributed by atoms with Crippen molar-refractivity contribution >= 4 is 12.0 Å². The first-order chi connectivity index (χ1) is 9.60. The number of carbonyl (C=O) groups is 2. The van der Waals surface area contributed by atoms with Crippen LogP contribution in [0.4, 0.5) is 4.79 Å². The van der Waals surface area contributed by atoms with E-state index in [1.165, 1.54) is 4.90 Å². The molecule has 1 aliphatic carbocycles. The lowest BCUT2D eigenvalue weighted by Crippen LogP contribution is -2.52. The highest BCUT2D eigenvalue weighted by molar-refractivity contribution is 5.82. The molecule has 0 unspecified atom stereocenters. The molecule has 1 aliphatic rings. The number of carbonyl (C=O) groups excluding carboxylic acids is 1. The number of urea groups is 1. The molecule has 20 heavy (non-hydrogen) atoms. The molecule has 7 nitrogen and oxygen atoms in total. The topological polar surface area (TPSA) is 110 Å².